The molecule has 0 saturated heterocycles. The molecule has 4 rings (SSSR count). The molecule has 8 unspecified atom stereocenters. The molecule has 0 amide bonds. The molecule has 0 heterocycles. The van der Waals surface area contributed by atoms with Crippen molar-refractivity contribution in [3.63, 3.8) is 0 Å². The number of hydrogen-bond acceptors (Lipinski definition) is 1. The molecule has 0 aromatic heterocycles. The highest BCUT2D eigenvalue weighted by molar-refractivity contribution is 5.28. The monoisotopic (exact) mass is 404 g/mol. The Hall–Kier alpha value is -0.370. The molecular weight excluding hydrogens is 359 g/mol. The van der Waals surface area contributed by atoms with E-state index in [1.165, 1.54) is 44.9 Å². The molecule has 0 spiro atoms. The summed E-state index contributed by atoms with van der Waals surface area (Å²) in [6, 6.07) is 0. The number of rotatable bonds is 5. The first-order chi connectivity index (χ1) is 13.7. The van der Waals surface area contributed by atoms with Crippen LogP contribution in [0.15, 0.2) is 11.4 Å². The molecule has 4 aliphatic carbocycles. The minimum atomic E-state index is -0.322. The van der Waals surface area contributed by atoms with Gasteiger partial charge in [0.2, 0.25) is 0 Å². The average Bonchev–Trinajstić information content (AvgIpc) is 3.00. The van der Waals surface area contributed by atoms with E-state index in [2.05, 4.69) is 34.6 Å². The molecule has 1 N–H and O–H groups in total. The Bertz CT molecular complexity index is 638. The molecule has 3 saturated carbocycles. The fraction of sp³-hybridized carbons (Fsp3) is 0.926. The molecule has 4 aliphatic rings. The van der Waals surface area contributed by atoms with E-state index in [4.69, 9.17) is 0 Å². The third kappa shape index (κ3) is 3.64. The van der Waals surface area contributed by atoms with Crippen LogP contribution in [-0.4, -0.2) is 11.2 Å². The molecule has 3 fully saturated rings. The van der Waals surface area contributed by atoms with E-state index in [0.29, 0.717) is 36.0 Å². The molecule has 0 radical (unpaired) electrons. The van der Waals surface area contributed by atoms with Gasteiger partial charge in [-0.2, -0.15) is 0 Å². The van der Waals surface area contributed by atoms with E-state index in [-0.39, 0.29) is 17.3 Å². The summed E-state index contributed by atoms with van der Waals surface area (Å²) in [5.41, 5.74) is 1.42. The predicted molar refractivity (Wildman–Crippen MR) is 119 cm³/mol. The van der Waals surface area contributed by atoms with E-state index in [0.717, 1.165) is 36.2 Å². The normalized spacial score (nSPS) is 45.7. The Kier molecular flexibility index (Phi) is 5.99. The number of hydrogen-bond donors (Lipinski definition) is 1. The van der Waals surface area contributed by atoms with Crippen LogP contribution in [0.5, 0.6) is 0 Å². The van der Waals surface area contributed by atoms with Gasteiger partial charge in [0.15, 0.2) is 0 Å². The van der Waals surface area contributed by atoms with Crippen molar-refractivity contribution in [1.82, 2.24) is 0 Å². The maximum absolute atomic E-state index is 15.4. The van der Waals surface area contributed by atoms with Crippen LogP contribution in [0.4, 0.5) is 4.39 Å². The lowest BCUT2D eigenvalue weighted by molar-refractivity contribution is -0.0633. The fourth-order valence-electron chi connectivity index (χ4n) is 8.74. The quantitative estimate of drug-likeness (QED) is 0.498. The number of aliphatic hydroxyl groups excluding tert-OH is 1. The lowest BCUT2D eigenvalue weighted by Crippen LogP contribution is -2.51. The molecule has 0 aromatic carbocycles. The van der Waals surface area contributed by atoms with Gasteiger partial charge >= 0.3 is 0 Å². The van der Waals surface area contributed by atoms with E-state index < -0.39 is 0 Å². The summed E-state index contributed by atoms with van der Waals surface area (Å²) in [6.45, 7) is 12.1. The van der Waals surface area contributed by atoms with Crippen LogP contribution in [0.3, 0.4) is 0 Å². The van der Waals surface area contributed by atoms with Crippen LogP contribution in [-0.2, 0) is 0 Å². The maximum Gasteiger partial charge on any atom is 0.100 e. The first kappa shape index (κ1) is 21.8. The average molecular weight is 405 g/mol. The molecule has 166 valence electrons. The third-order valence-electron chi connectivity index (χ3n) is 10.3. The van der Waals surface area contributed by atoms with E-state index in [1.54, 1.807) is 0 Å². The van der Waals surface area contributed by atoms with Gasteiger partial charge in [0.1, 0.15) is 5.83 Å². The Morgan fingerprint density at radius 3 is 2.45 bits per heavy atom. The molecule has 1 nitrogen and oxygen atoms in total. The zero-order valence-electron chi connectivity index (χ0n) is 19.6. The Labute approximate surface area is 178 Å². The van der Waals surface area contributed by atoms with Crippen molar-refractivity contribution in [2.24, 2.45) is 46.3 Å². The van der Waals surface area contributed by atoms with Gasteiger partial charge in [0, 0.05) is 6.42 Å². The molecule has 0 bridgehead atoms. The molecule has 29 heavy (non-hydrogen) atoms. The summed E-state index contributed by atoms with van der Waals surface area (Å²) < 4.78 is 15.4. The van der Waals surface area contributed by atoms with Gasteiger partial charge in [-0.1, -0.05) is 53.9 Å². The van der Waals surface area contributed by atoms with Crippen molar-refractivity contribution in [2.45, 2.75) is 111 Å². The van der Waals surface area contributed by atoms with Crippen LogP contribution in [0.2, 0.25) is 0 Å². The van der Waals surface area contributed by atoms with Crippen molar-refractivity contribution in [1.29, 1.82) is 0 Å². The first-order valence-electron chi connectivity index (χ1n) is 12.7. The summed E-state index contributed by atoms with van der Waals surface area (Å²) >= 11 is 0. The number of aliphatic hydroxyl groups is 1. The summed E-state index contributed by atoms with van der Waals surface area (Å²) in [6.07, 6.45) is 12.1. The minimum absolute atomic E-state index is 0.00846. The highest BCUT2D eigenvalue weighted by atomic mass is 19.1. The maximum atomic E-state index is 15.4. The van der Waals surface area contributed by atoms with Crippen molar-refractivity contribution < 1.29 is 9.50 Å². The number of allylic oxidation sites excluding steroid dienone is 1. The van der Waals surface area contributed by atoms with Gasteiger partial charge in [0.25, 0.3) is 0 Å². The van der Waals surface area contributed by atoms with Gasteiger partial charge in [-0.15, -0.1) is 0 Å². The van der Waals surface area contributed by atoms with Crippen LogP contribution >= 0.6 is 0 Å². The van der Waals surface area contributed by atoms with E-state index in [9.17, 15) is 5.11 Å². The van der Waals surface area contributed by atoms with Gasteiger partial charge in [-0.3, -0.25) is 0 Å². The summed E-state index contributed by atoms with van der Waals surface area (Å²) in [5.74, 6) is 4.48. The van der Waals surface area contributed by atoms with E-state index in [1.807, 2.05) is 0 Å². The van der Waals surface area contributed by atoms with E-state index >= 15 is 4.39 Å². The molecular formula is C27H45FO. The lowest BCUT2D eigenvalue weighted by atomic mass is 9.46. The standard InChI is InChI=1S/C27H45FO/c1-17(2)7-6-8-18(3)21-9-10-22-20-16-25(28)24-15-19(29)11-13-27(24,5)23(20)12-14-26(21,22)4/h17-23,29H,6-16H2,1-5H3. The second kappa shape index (κ2) is 7.95. The molecule has 0 aromatic rings. The summed E-state index contributed by atoms with van der Waals surface area (Å²) in [7, 11) is 0. The van der Waals surface area contributed by atoms with Gasteiger partial charge in [-0.25, -0.2) is 4.39 Å². The Balaban J connectivity index is 1.53. The summed E-state index contributed by atoms with van der Waals surface area (Å²) in [5, 5.41) is 10.2. The van der Waals surface area contributed by atoms with Crippen molar-refractivity contribution >= 4 is 0 Å². The molecule has 8 atom stereocenters. The van der Waals surface area contributed by atoms with Gasteiger partial charge < -0.3 is 5.11 Å². The fourth-order valence-corrected chi connectivity index (χ4v) is 8.74. The second-order valence-corrected chi connectivity index (χ2v) is 12.3. The van der Waals surface area contributed by atoms with Gasteiger partial charge in [0.05, 0.1) is 6.10 Å². The first-order valence-corrected chi connectivity index (χ1v) is 12.7. The Morgan fingerprint density at radius 2 is 1.72 bits per heavy atom. The lowest BCUT2D eigenvalue weighted by Gasteiger charge is -2.58. The topological polar surface area (TPSA) is 20.2 Å². The summed E-state index contributed by atoms with van der Waals surface area (Å²) in [4.78, 5) is 0. The van der Waals surface area contributed by atoms with Crippen molar-refractivity contribution in [2.75, 3.05) is 0 Å². The van der Waals surface area contributed by atoms with Crippen LogP contribution < -0.4 is 0 Å². The minimum Gasteiger partial charge on any atom is -0.393 e. The highest BCUT2D eigenvalue weighted by Gasteiger charge is 2.60. The zero-order chi connectivity index (χ0) is 21.0. The third-order valence-corrected chi connectivity index (χ3v) is 10.3. The van der Waals surface area contributed by atoms with Crippen LogP contribution in [0, 0.1) is 46.3 Å². The SMILES string of the molecule is CC(C)CCCC(C)C1CCC2C3CC(F)=C4CC(O)CCC4(C)C3CCC12C. The molecule has 2 heteroatoms. The van der Waals surface area contributed by atoms with Crippen LogP contribution in [0.25, 0.3) is 0 Å². The molecule has 0 aliphatic heterocycles. The highest BCUT2D eigenvalue weighted by Crippen LogP contribution is 2.68. The second-order valence-electron chi connectivity index (χ2n) is 12.3. The van der Waals surface area contributed by atoms with Gasteiger partial charge in [-0.05, 0) is 96.9 Å². The predicted octanol–water partition coefficient (Wildman–Crippen LogP) is 7.69. The largest absolute Gasteiger partial charge is 0.393 e. The smallest absolute Gasteiger partial charge is 0.100 e. The van der Waals surface area contributed by atoms with Crippen molar-refractivity contribution in [3.05, 3.63) is 11.4 Å². The zero-order valence-corrected chi connectivity index (χ0v) is 19.6. The number of fused-ring (bicyclic) bond motifs is 5. The van der Waals surface area contributed by atoms with Crippen LogP contribution in [0.1, 0.15) is 105 Å². The number of halogens is 1. The van der Waals surface area contributed by atoms with Crippen molar-refractivity contribution in [3.8, 4) is 0 Å². The Morgan fingerprint density at radius 1 is 0.966 bits per heavy atom.